The molecular weight excluding hydrogens is 222 g/mol. The molecule has 2 saturated carbocycles. The number of hydrogen-bond acceptors (Lipinski definition) is 2. The van der Waals surface area contributed by atoms with Crippen LogP contribution < -0.4 is 5.32 Å². The summed E-state index contributed by atoms with van der Waals surface area (Å²) in [6.45, 7) is 15.7. The van der Waals surface area contributed by atoms with Crippen molar-refractivity contribution in [3.05, 3.63) is 12.2 Å². The summed E-state index contributed by atoms with van der Waals surface area (Å²) in [5, 5.41) is 3.73. The van der Waals surface area contributed by atoms with E-state index in [2.05, 4.69) is 32.7 Å². The first-order chi connectivity index (χ1) is 8.38. The molecule has 0 amide bonds. The molecule has 0 radical (unpaired) electrons. The second-order valence-corrected chi connectivity index (χ2v) is 7.13. The molecule has 18 heavy (non-hydrogen) atoms. The van der Waals surface area contributed by atoms with Crippen LogP contribution in [-0.4, -0.2) is 25.8 Å². The number of fused-ring (bicyclic) bond motifs is 2. The van der Waals surface area contributed by atoms with Gasteiger partial charge in [-0.05, 0) is 42.9 Å². The SMILES string of the molecule is C=C(C)COCCNC1CC2CCC1(C)C2(C)C. The quantitative estimate of drug-likeness (QED) is 0.577. The minimum atomic E-state index is 0.478. The fourth-order valence-corrected chi connectivity index (χ4v) is 4.06. The maximum Gasteiger partial charge on any atom is 0.0672 e. The lowest BCUT2D eigenvalue weighted by molar-refractivity contribution is 0.108. The smallest absolute Gasteiger partial charge is 0.0672 e. The predicted octanol–water partition coefficient (Wildman–Crippen LogP) is 3.38. The van der Waals surface area contributed by atoms with E-state index in [1.165, 1.54) is 19.3 Å². The standard InChI is InChI=1S/C16H29NO/c1-12(2)11-18-9-8-17-14-10-13-6-7-16(14,5)15(13,3)4/h13-14,17H,1,6-11H2,2-5H3. The highest BCUT2D eigenvalue weighted by Crippen LogP contribution is 2.65. The van der Waals surface area contributed by atoms with Crippen molar-refractivity contribution in [1.82, 2.24) is 5.32 Å². The Labute approximate surface area is 112 Å². The number of ether oxygens (including phenoxy) is 1. The Morgan fingerprint density at radius 1 is 1.39 bits per heavy atom. The van der Waals surface area contributed by atoms with E-state index >= 15 is 0 Å². The largest absolute Gasteiger partial charge is 0.376 e. The summed E-state index contributed by atoms with van der Waals surface area (Å²) in [5.41, 5.74) is 2.08. The second-order valence-electron chi connectivity index (χ2n) is 7.13. The summed E-state index contributed by atoms with van der Waals surface area (Å²) in [6, 6.07) is 0.680. The fourth-order valence-electron chi connectivity index (χ4n) is 4.06. The first-order valence-corrected chi connectivity index (χ1v) is 7.33. The highest BCUT2D eigenvalue weighted by atomic mass is 16.5. The van der Waals surface area contributed by atoms with Crippen LogP contribution >= 0.6 is 0 Å². The van der Waals surface area contributed by atoms with Crippen molar-refractivity contribution in [2.45, 2.75) is 53.0 Å². The molecule has 104 valence electrons. The minimum absolute atomic E-state index is 0.478. The first kappa shape index (κ1) is 14.1. The van der Waals surface area contributed by atoms with E-state index in [9.17, 15) is 0 Å². The molecular formula is C16H29NO. The number of nitrogens with one attached hydrogen (secondary N) is 1. The summed E-state index contributed by atoms with van der Waals surface area (Å²) in [4.78, 5) is 0. The lowest BCUT2D eigenvalue weighted by Crippen LogP contribution is -2.45. The Bertz CT molecular complexity index is 323. The number of hydrogen-bond donors (Lipinski definition) is 1. The van der Waals surface area contributed by atoms with Crippen molar-refractivity contribution in [3.8, 4) is 0 Å². The molecule has 2 bridgehead atoms. The highest BCUT2D eigenvalue weighted by molar-refractivity contribution is 5.12. The average Bonchev–Trinajstić information content (AvgIpc) is 2.61. The lowest BCUT2D eigenvalue weighted by atomic mass is 9.69. The third-order valence-electron chi connectivity index (χ3n) is 5.78. The van der Waals surface area contributed by atoms with Crippen molar-refractivity contribution >= 4 is 0 Å². The Morgan fingerprint density at radius 2 is 2.11 bits per heavy atom. The van der Waals surface area contributed by atoms with Crippen LogP contribution in [-0.2, 0) is 4.74 Å². The summed E-state index contributed by atoms with van der Waals surface area (Å²) in [7, 11) is 0. The van der Waals surface area contributed by atoms with Gasteiger partial charge in [-0.25, -0.2) is 0 Å². The molecule has 2 aliphatic rings. The molecule has 0 heterocycles. The monoisotopic (exact) mass is 251 g/mol. The molecule has 0 aromatic rings. The van der Waals surface area contributed by atoms with E-state index in [-0.39, 0.29) is 0 Å². The zero-order chi connectivity index (χ0) is 13.4. The van der Waals surface area contributed by atoms with Crippen molar-refractivity contribution in [1.29, 1.82) is 0 Å². The summed E-state index contributed by atoms with van der Waals surface area (Å²) < 4.78 is 5.56. The maximum atomic E-state index is 5.56. The first-order valence-electron chi connectivity index (χ1n) is 7.33. The van der Waals surface area contributed by atoms with Crippen LogP contribution in [0.2, 0.25) is 0 Å². The molecule has 0 aliphatic heterocycles. The van der Waals surface area contributed by atoms with Crippen LogP contribution in [0.15, 0.2) is 12.2 Å². The lowest BCUT2D eigenvalue weighted by Gasteiger charge is -2.39. The Balaban J connectivity index is 1.77. The maximum absolute atomic E-state index is 5.56. The molecule has 2 fully saturated rings. The van der Waals surface area contributed by atoms with Gasteiger partial charge in [-0.1, -0.05) is 32.9 Å². The van der Waals surface area contributed by atoms with Crippen LogP contribution in [0, 0.1) is 16.7 Å². The zero-order valence-corrected chi connectivity index (χ0v) is 12.5. The van der Waals surface area contributed by atoms with Crippen LogP contribution in [0.4, 0.5) is 0 Å². The second kappa shape index (κ2) is 4.97. The molecule has 0 saturated heterocycles. The molecule has 0 aromatic carbocycles. The van der Waals surface area contributed by atoms with Gasteiger partial charge in [-0.15, -0.1) is 0 Å². The minimum Gasteiger partial charge on any atom is -0.376 e. The normalized spacial score (nSPS) is 37.1. The van der Waals surface area contributed by atoms with E-state index in [0.29, 0.717) is 23.5 Å². The third kappa shape index (κ3) is 2.25. The highest BCUT2D eigenvalue weighted by Gasteiger charge is 2.60. The Hall–Kier alpha value is -0.340. The average molecular weight is 251 g/mol. The van der Waals surface area contributed by atoms with Gasteiger partial charge >= 0.3 is 0 Å². The topological polar surface area (TPSA) is 21.3 Å². The van der Waals surface area contributed by atoms with E-state index in [4.69, 9.17) is 4.74 Å². The van der Waals surface area contributed by atoms with Gasteiger partial charge in [0.25, 0.3) is 0 Å². The summed E-state index contributed by atoms with van der Waals surface area (Å²) in [6.07, 6.45) is 4.16. The predicted molar refractivity (Wildman–Crippen MR) is 76.7 cm³/mol. The number of rotatable bonds is 6. The third-order valence-corrected chi connectivity index (χ3v) is 5.78. The van der Waals surface area contributed by atoms with Crippen molar-refractivity contribution < 1.29 is 4.74 Å². The fraction of sp³-hybridized carbons (Fsp3) is 0.875. The van der Waals surface area contributed by atoms with Gasteiger partial charge < -0.3 is 10.1 Å². The van der Waals surface area contributed by atoms with Gasteiger partial charge in [0.1, 0.15) is 0 Å². The molecule has 3 unspecified atom stereocenters. The van der Waals surface area contributed by atoms with Gasteiger partial charge in [0.15, 0.2) is 0 Å². The van der Waals surface area contributed by atoms with E-state index < -0.39 is 0 Å². The molecule has 2 rings (SSSR count). The van der Waals surface area contributed by atoms with Crippen molar-refractivity contribution in [2.24, 2.45) is 16.7 Å². The van der Waals surface area contributed by atoms with Crippen LogP contribution in [0.3, 0.4) is 0 Å². The van der Waals surface area contributed by atoms with Crippen LogP contribution in [0.1, 0.15) is 47.0 Å². The molecule has 2 nitrogen and oxygen atoms in total. The van der Waals surface area contributed by atoms with Crippen LogP contribution in [0.5, 0.6) is 0 Å². The van der Waals surface area contributed by atoms with E-state index in [0.717, 1.165) is 24.6 Å². The summed E-state index contributed by atoms with van der Waals surface area (Å²) in [5.74, 6) is 0.913. The van der Waals surface area contributed by atoms with Crippen molar-refractivity contribution in [3.63, 3.8) is 0 Å². The molecule has 2 heteroatoms. The van der Waals surface area contributed by atoms with Gasteiger partial charge in [-0.2, -0.15) is 0 Å². The zero-order valence-electron chi connectivity index (χ0n) is 12.5. The van der Waals surface area contributed by atoms with Gasteiger partial charge in [0.2, 0.25) is 0 Å². The van der Waals surface area contributed by atoms with Gasteiger partial charge in [0, 0.05) is 12.6 Å². The Kier molecular flexibility index (Phi) is 3.89. The molecule has 3 atom stereocenters. The van der Waals surface area contributed by atoms with Crippen LogP contribution in [0.25, 0.3) is 0 Å². The van der Waals surface area contributed by atoms with E-state index in [1.54, 1.807) is 0 Å². The van der Waals surface area contributed by atoms with Gasteiger partial charge in [-0.3, -0.25) is 0 Å². The van der Waals surface area contributed by atoms with E-state index in [1.807, 2.05) is 6.92 Å². The molecule has 0 aromatic heterocycles. The van der Waals surface area contributed by atoms with Gasteiger partial charge in [0.05, 0.1) is 13.2 Å². The molecule has 1 N–H and O–H groups in total. The summed E-state index contributed by atoms with van der Waals surface area (Å²) >= 11 is 0. The van der Waals surface area contributed by atoms with Crippen molar-refractivity contribution in [2.75, 3.05) is 19.8 Å². The molecule has 2 aliphatic carbocycles. The molecule has 0 spiro atoms. The Morgan fingerprint density at radius 3 is 2.61 bits per heavy atom.